The Morgan fingerprint density at radius 2 is 2.00 bits per heavy atom. The molecule has 1 unspecified atom stereocenters. The van der Waals surface area contributed by atoms with Crippen molar-refractivity contribution in [3.63, 3.8) is 0 Å². The van der Waals surface area contributed by atoms with Gasteiger partial charge >= 0.3 is 0 Å². The summed E-state index contributed by atoms with van der Waals surface area (Å²) in [5.74, 6) is 0.00410. The van der Waals surface area contributed by atoms with E-state index in [1.807, 2.05) is 24.3 Å². The van der Waals surface area contributed by atoms with E-state index in [9.17, 15) is 14.4 Å². The van der Waals surface area contributed by atoms with Crippen LogP contribution in [0.5, 0.6) is 0 Å². The minimum atomic E-state index is -0.433. The SMILES string of the molecule is Cc1cc(C(=O)NNC(=O)CCC2Cc3ccccc3NC2=O)c(C)o1. The number of carbonyl (C=O) groups is 3. The molecule has 1 aliphatic heterocycles. The van der Waals surface area contributed by atoms with Gasteiger partial charge in [-0.2, -0.15) is 0 Å². The summed E-state index contributed by atoms with van der Waals surface area (Å²) < 4.78 is 5.29. The minimum Gasteiger partial charge on any atom is -0.466 e. The lowest BCUT2D eigenvalue weighted by Gasteiger charge is -2.24. The van der Waals surface area contributed by atoms with Crippen molar-refractivity contribution in [2.45, 2.75) is 33.1 Å². The number of furan rings is 1. The number of nitrogens with one attached hydrogen (secondary N) is 3. The van der Waals surface area contributed by atoms with Crippen LogP contribution in [0.15, 0.2) is 34.7 Å². The largest absolute Gasteiger partial charge is 0.466 e. The summed E-state index contributed by atoms with van der Waals surface area (Å²) in [6.07, 6.45) is 1.16. The van der Waals surface area contributed by atoms with Crippen LogP contribution in [-0.2, 0) is 16.0 Å². The Balaban J connectivity index is 1.48. The van der Waals surface area contributed by atoms with E-state index in [4.69, 9.17) is 4.42 Å². The number of aryl methyl sites for hydroxylation is 2. The summed E-state index contributed by atoms with van der Waals surface area (Å²) in [4.78, 5) is 36.1. The van der Waals surface area contributed by atoms with Gasteiger partial charge in [0.2, 0.25) is 11.8 Å². The number of carbonyl (C=O) groups excluding carboxylic acids is 3. The van der Waals surface area contributed by atoms with Gasteiger partial charge in [-0.3, -0.25) is 25.2 Å². The van der Waals surface area contributed by atoms with Crippen LogP contribution in [0.3, 0.4) is 0 Å². The molecule has 136 valence electrons. The molecule has 0 saturated carbocycles. The van der Waals surface area contributed by atoms with Crippen LogP contribution in [0.2, 0.25) is 0 Å². The zero-order valence-corrected chi connectivity index (χ0v) is 14.7. The molecule has 1 aromatic heterocycles. The first kappa shape index (κ1) is 17.7. The maximum atomic E-state index is 12.1. The van der Waals surface area contributed by atoms with Crippen LogP contribution < -0.4 is 16.2 Å². The number of fused-ring (bicyclic) bond motifs is 1. The number of para-hydroxylation sites is 1. The Bertz CT molecular complexity index is 856. The highest BCUT2D eigenvalue weighted by Gasteiger charge is 2.26. The molecule has 7 heteroatoms. The second-order valence-electron chi connectivity index (χ2n) is 6.42. The summed E-state index contributed by atoms with van der Waals surface area (Å²) in [6, 6.07) is 9.25. The Morgan fingerprint density at radius 3 is 2.73 bits per heavy atom. The molecule has 3 N–H and O–H groups in total. The number of anilines is 1. The highest BCUT2D eigenvalue weighted by molar-refractivity contribution is 5.97. The van der Waals surface area contributed by atoms with Crippen molar-refractivity contribution in [2.24, 2.45) is 5.92 Å². The average Bonchev–Trinajstić information content (AvgIpc) is 2.96. The lowest BCUT2D eigenvalue weighted by molar-refractivity contribution is -0.123. The van der Waals surface area contributed by atoms with Gasteiger partial charge in [0.1, 0.15) is 11.5 Å². The quantitative estimate of drug-likeness (QED) is 0.732. The van der Waals surface area contributed by atoms with Gasteiger partial charge in [0, 0.05) is 18.0 Å². The lowest BCUT2D eigenvalue weighted by Crippen LogP contribution is -2.42. The van der Waals surface area contributed by atoms with Crippen LogP contribution in [0.4, 0.5) is 5.69 Å². The molecule has 1 atom stereocenters. The molecule has 1 aromatic carbocycles. The first-order valence-electron chi connectivity index (χ1n) is 8.49. The van der Waals surface area contributed by atoms with Gasteiger partial charge in [0.05, 0.1) is 5.56 Å². The molecule has 0 spiro atoms. The van der Waals surface area contributed by atoms with E-state index in [0.29, 0.717) is 29.9 Å². The molecular formula is C19H21N3O4. The number of hydrogen-bond acceptors (Lipinski definition) is 4. The van der Waals surface area contributed by atoms with E-state index in [0.717, 1.165) is 11.3 Å². The zero-order chi connectivity index (χ0) is 18.7. The fourth-order valence-corrected chi connectivity index (χ4v) is 3.06. The molecule has 0 saturated heterocycles. The summed E-state index contributed by atoms with van der Waals surface area (Å²) in [5, 5.41) is 2.86. The first-order chi connectivity index (χ1) is 12.4. The molecule has 3 rings (SSSR count). The fraction of sp³-hybridized carbons (Fsp3) is 0.316. The van der Waals surface area contributed by atoms with Crippen LogP contribution in [0, 0.1) is 19.8 Å². The normalized spacial score (nSPS) is 15.8. The molecular weight excluding hydrogens is 334 g/mol. The van der Waals surface area contributed by atoms with E-state index in [1.54, 1.807) is 19.9 Å². The topological polar surface area (TPSA) is 100 Å². The number of hydrogen-bond donors (Lipinski definition) is 3. The lowest BCUT2D eigenvalue weighted by atomic mass is 9.89. The van der Waals surface area contributed by atoms with Crippen LogP contribution in [0.25, 0.3) is 0 Å². The number of benzene rings is 1. The zero-order valence-electron chi connectivity index (χ0n) is 14.7. The molecule has 0 aliphatic carbocycles. The van der Waals surface area contributed by atoms with Gasteiger partial charge in [-0.15, -0.1) is 0 Å². The van der Waals surface area contributed by atoms with Gasteiger partial charge in [-0.25, -0.2) is 0 Å². The Labute approximate surface area is 151 Å². The summed E-state index contributed by atoms with van der Waals surface area (Å²) in [5.41, 5.74) is 7.02. The standard InChI is InChI=1S/C19H21N3O4/c1-11-9-15(12(2)26-11)19(25)22-21-17(23)8-7-14-10-13-5-3-4-6-16(13)20-18(14)24/h3-6,9,14H,7-8,10H2,1-2H3,(H,20,24)(H,21,23)(H,22,25). The Morgan fingerprint density at radius 1 is 1.23 bits per heavy atom. The van der Waals surface area contributed by atoms with Crippen molar-refractivity contribution in [3.8, 4) is 0 Å². The third-order valence-corrected chi connectivity index (χ3v) is 4.43. The van der Waals surface area contributed by atoms with Crippen LogP contribution in [0.1, 0.15) is 40.3 Å². The fourth-order valence-electron chi connectivity index (χ4n) is 3.06. The molecule has 0 fully saturated rings. The Kier molecular flexibility index (Phi) is 5.06. The van der Waals surface area contributed by atoms with Crippen LogP contribution >= 0.6 is 0 Å². The van der Waals surface area contributed by atoms with E-state index in [1.165, 1.54) is 0 Å². The third kappa shape index (κ3) is 3.93. The summed E-state index contributed by atoms with van der Waals surface area (Å²) in [6.45, 7) is 3.43. The number of rotatable bonds is 4. The maximum absolute atomic E-state index is 12.1. The van der Waals surface area contributed by atoms with Crippen molar-refractivity contribution in [1.82, 2.24) is 10.9 Å². The number of hydrazine groups is 1. The van der Waals surface area contributed by atoms with Gasteiger partial charge in [0.25, 0.3) is 5.91 Å². The van der Waals surface area contributed by atoms with Gasteiger partial charge in [-0.1, -0.05) is 18.2 Å². The maximum Gasteiger partial charge on any atom is 0.273 e. The second-order valence-corrected chi connectivity index (χ2v) is 6.42. The first-order valence-corrected chi connectivity index (χ1v) is 8.49. The Hall–Kier alpha value is -3.09. The van der Waals surface area contributed by atoms with Crippen LogP contribution in [-0.4, -0.2) is 17.7 Å². The van der Waals surface area contributed by atoms with Gasteiger partial charge in [-0.05, 0) is 44.4 Å². The van der Waals surface area contributed by atoms with Crippen molar-refractivity contribution in [3.05, 3.63) is 53.0 Å². The summed E-state index contributed by atoms with van der Waals surface area (Å²) in [7, 11) is 0. The highest BCUT2D eigenvalue weighted by Crippen LogP contribution is 2.27. The van der Waals surface area contributed by atoms with Gasteiger partial charge in [0.15, 0.2) is 0 Å². The molecule has 2 aromatic rings. The predicted molar refractivity (Wildman–Crippen MR) is 95.3 cm³/mol. The molecule has 7 nitrogen and oxygen atoms in total. The van der Waals surface area contributed by atoms with E-state index >= 15 is 0 Å². The molecule has 0 radical (unpaired) electrons. The van der Waals surface area contributed by atoms with E-state index < -0.39 is 5.91 Å². The number of amides is 3. The van der Waals surface area contributed by atoms with Crippen molar-refractivity contribution >= 4 is 23.4 Å². The molecule has 0 bridgehead atoms. The predicted octanol–water partition coefficient (Wildman–Crippen LogP) is 2.25. The minimum absolute atomic E-state index is 0.0787. The monoisotopic (exact) mass is 355 g/mol. The third-order valence-electron chi connectivity index (χ3n) is 4.43. The average molecular weight is 355 g/mol. The summed E-state index contributed by atoms with van der Waals surface area (Å²) >= 11 is 0. The molecule has 3 amide bonds. The molecule has 2 heterocycles. The van der Waals surface area contributed by atoms with Crippen molar-refractivity contribution in [2.75, 3.05) is 5.32 Å². The molecule has 26 heavy (non-hydrogen) atoms. The smallest absolute Gasteiger partial charge is 0.273 e. The van der Waals surface area contributed by atoms with E-state index in [-0.39, 0.29) is 24.2 Å². The van der Waals surface area contributed by atoms with Gasteiger partial charge < -0.3 is 9.73 Å². The second kappa shape index (κ2) is 7.43. The van der Waals surface area contributed by atoms with Crippen molar-refractivity contribution in [1.29, 1.82) is 0 Å². The van der Waals surface area contributed by atoms with E-state index in [2.05, 4.69) is 16.2 Å². The molecule has 1 aliphatic rings. The van der Waals surface area contributed by atoms with Crippen molar-refractivity contribution < 1.29 is 18.8 Å². The highest BCUT2D eigenvalue weighted by atomic mass is 16.3.